The van der Waals surface area contributed by atoms with Crippen LogP contribution in [0.3, 0.4) is 0 Å². The number of nitrogens with one attached hydrogen (secondary N) is 1. The summed E-state index contributed by atoms with van der Waals surface area (Å²) in [7, 11) is 0. The smallest absolute Gasteiger partial charge is 0.146 e. The topological polar surface area (TPSA) is 63.8 Å². The summed E-state index contributed by atoms with van der Waals surface area (Å²) in [6.07, 6.45) is 3.45. The van der Waals surface area contributed by atoms with Crippen molar-refractivity contribution in [3.63, 3.8) is 0 Å². The molecule has 0 aliphatic heterocycles. The van der Waals surface area contributed by atoms with Crippen molar-refractivity contribution in [1.82, 2.24) is 9.97 Å². The highest BCUT2D eigenvalue weighted by atomic mass is 79.9. The second kappa shape index (κ2) is 4.59. The number of anilines is 2. The van der Waals surface area contributed by atoms with Crippen molar-refractivity contribution in [3.05, 3.63) is 33.3 Å². The van der Waals surface area contributed by atoms with Crippen LogP contribution in [0.25, 0.3) is 0 Å². The van der Waals surface area contributed by atoms with Crippen LogP contribution >= 0.6 is 27.3 Å². The summed E-state index contributed by atoms with van der Waals surface area (Å²) >= 11 is 4.95. The first-order valence-corrected chi connectivity index (χ1v) is 5.96. The number of hydrogen-bond acceptors (Lipinski definition) is 5. The highest BCUT2D eigenvalue weighted by Crippen LogP contribution is 2.21. The fourth-order valence-corrected chi connectivity index (χ4v) is 1.99. The van der Waals surface area contributed by atoms with Gasteiger partial charge in [0.25, 0.3) is 0 Å². The van der Waals surface area contributed by atoms with E-state index >= 15 is 0 Å². The summed E-state index contributed by atoms with van der Waals surface area (Å²) in [5.74, 6) is 0.495. The van der Waals surface area contributed by atoms with Crippen LogP contribution in [0.15, 0.2) is 28.3 Å². The van der Waals surface area contributed by atoms with E-state index < -0.39 is 0 Å². The van der Waals surface area contributed by atoms with Gasteiger partial charge < -0.3 is 11.1 Å². The predicted molar refractivity (Wildman–Crippen MR) is 65.8 cm³/mol. The van der Waals surface area contributed by atoms with Crippen LogP contribution in [0.4, 0.5) is 11.5 Å². The molecule has 2 aromatic heterocycles. The number of rotatable bonds is 3. The van der Waals surface area contributed by atoms with Gasteiger partial charge in [-0.2, -0.15) is 0 Å². The first kappa shape index (κ1) is 10.4. The van der Waals surface area contributed by atoms with Crippen molar-refractivity contribution < 1.29 is 0 Å². The molecule has 0 radical (unpaired) electrons. The molecule has 0 saturated heterocycles. The molecule has 78 valence electrons. The molecule has 6 heteroatoms. The lowest BCUT2D eigenvalue weighted by Gasteiger charge is -2.06. The zero-order valence-corrected chi connectivity index (χ0v) is 10.2. The van der Waals surface area contributed by atoms with E-state index in [0.717, 1.165) is 15.2 Å². The third kappa shape index (κ3) is 2.66. The van der Waals surface area contributed by atoms with Gasteiger partial charge in [-0.3, -0.25) is 0 Å². The van der Waals surface area contributed by atoms with Gasteiger partial charge in [-0.1, -0.05) is 0 Å². The van der Waals surface area contributed by atoms with Gasteiger partial charge >= 0.3 is 0 Å². The van der Waals surface area contributed by atoms with Crippen molar-refractivity contribution in [2.24, 2.45) is 0 Å². The Balaban J connectivity index is 2.07. The Hall–Kier alpha value is -1.14. The molecular formula is C9H9BrN4S. The van der Waals surface area contributed by atoms with Crippen molar-refractivity contribution in [3.8, 4) is 0 Å². The van der Waals surface area contributed by atoms with Gasteiger partial charge in [-0.05, 0) is 22.0 Å². The van der Waals surface area contributed by atoms with Gasteiger partial charge in [-0.25, -0.2) is 9.97 Å². The Bertz CT molecular complexity index is 443. The lowest BCUT2D eigenvalue weighted by molar-refractivity contribution is 1.10. The van der Waals surface area contributed by atoms with Crippen molar-refractivity contribution >= 4 is 38.8 Å². The van der Waals surface area contributed by atoms with Gasteiger partial charge in [-0.15, -0.1) is 11.3 Å². The van der Waals surface area contributed by atoms with E-state index in [9.17, 15) is 0 Å². The average molecular weight is 285 g/mol. The molecule has 2 aromatic rings. The Labute approximate surface area is 99.7 Å². The third-order valence-corrected chi connectivity index (χ3v) is 3.01. The molecule has 2 rings (SSSR count). The van der Waals surface area contributed by atoms with Crippen LogP contribution in [0.1, 0.15) is 5.01 Å². The molecule has 2 heterocycles. The van der Waals surface area contributed by atoms with Gasteiger partial charge in [0.2, 0.25) is 0 Å². The largest absolute Gasteiger partial charge is 0.382 e. The number of pyridine rings is 1. The maximum atomic E-state index is 5.72. The molecule has 4 nitrogen and oxygen atoms in total. The summed E-state index contributed by atoms with van der Waals surface area (Å²) in [4.78, 5) is 8.20. The molecule has 0 bridgehead atoms. The van der Waals surface area contributed by atoms with Crippen LogP contribution < -0.4 is 11.1 Å². The quantitative estimate of drug-likeness (QED) is 0.909. The molecule has 0 aromatic carbocycles. The van der Waals surface area contributed by atoms with Crippen LogP contribution in [0.2, 0.25) is 0 Å². The Kier molecular flexibility index (Phi) is 3.17. The summed E-state index contributed by atoms with van der Waals surface area (Å²) < 4.78 is 0.901. The van der Waals surface area contributed by atoms with E-state index in [1.807, 2.05) is 11.4 Å². The molecule has 0 spiro atoms. The summed E-state index contributed by atoms with van der Waals surface area (Å²) in [5.41, 5.74) is 6.54. The summed E-state index contributed by atoms with van der Waals surface area (Å²) in [5, 5.41) is 6.15. The molecule has 0 atom stereocenters. The maximum absolute atomic E-state index is 5.72. The van der Waals surface area contributed by atoms with Crippen LogP contribution in [0, 0.1) is 0 Å². The molecule has 0 saturated carbocycles. The van der Waals surface area contributed by atoms with Gasteiger partial charge in [0, 0.05) is 22.2 Å². The normalized spacial score (nSPS) is 10.2. The van der Waals surface area contributed by atoms with E-state index in [4.69, 9.17) is 5.73 Å². The highest BCUT2D eigenvalue weighted by Gasteiger charge is 2.01. The van der Waals surface area contributed by atoms with E-state index in [1.54, 1.807) is 23.7 Å². The predicted octanol–water partition coefficient (Wildman–Crippen LogP) is 2.49. The summed E-state index contributed by atoms with van der Waals surface area (Å²) in [6, 6.07) is 1.90. The molecule has 0 aliphatic rings. The standard InChI is InChI=1S/C9H9BrN4S/c10-6-3-7(9(11)14-4-6)13-5-8-12-1-2-15-8/h1-4,13H,5H2,(H2,11,14). The fraction of sp³-hybridized carbons (Fsp3) is 0.111. The SMILES string of the molecule is Nc1ncc(Br)cc1NCc1nccs1. The molecule has 0 fully saturated rings. The summed E-state index contributed by atoms with van der Waals surface area (Å²) in [6.45, 7) is 0.667. The van der Waals surface area contributed by atoms with Gasteiger partial charge in [0.05, 0.1) is 12.2 Å². The number of nitrogen functional groups attached to an aromatic ring is 1. The third-order valence-electron chi connectivity index (χ3n) is 1.80. The lowest BCUT2D eigenvalue weighted by Crippen LogP contribution is -2.03. The highest BCUT2D eigenvalue weighted by molar-refractivity contribution is 9.10. The number of halogens is 1. The van der Waals surface area contributed by atoms with Crippen LogP contribution in [0.5, 0.6) is 0 Å². The second-order valence-electron chi connectivity index (χ2n) is 2.87. The molecule has 0 unspecified atom stereocenters. The molecule has 15 heavy (non-hydrogen) atoms. The monoisotopic (exact) mass is 284 g/mol. The minimum Gasteiger partial charge on any atom is -0.382 e. The number of aromatic nitrogens is 2. The first-order valence-electron chi connectivity index (χ1n) is 4.29. The van der Waals surface area contributed by atoms with E-state index in [1.165, 1.54) is 0 Å². The van der Waals surface area contributed by atoms with Gasteiger partial charge in [0.15, 0.2) is 0 Å². The number of nitrogens with two attached hydrogens (primary N) is 1. The van der Waals surface area contributed by atoms with Crippen LogP contribution in [-0.4, -0.2) is 9.97 Å². The average Bonchev–Trinajstić information content (AvgIpc) is 2.72. The zero-order chi connectivity index (χ0) is 10.7. The maximum Gasteiger partial charge on any atom is 0.146 e. The van der Waals surface area contributed by atoms with Crippen molar-refractivity contribution in [2.75, 3.05) is 11.1 Å². The minimum absolute atomic E-state index is 0.495. The van der Waals surface area contributed by atoms with E-state index in [2.05, 4.69) is 31.2 Å². The first-order chi connectivity index (χ1) is 7.25. The van der Waals surface area contributed by atoms with Crippen molar-refractivity contribution in [2.45, 2.75) is 6.54 Å². The minimum atomic E-state index is 0.495. The Morgan fingerprint density at radius 1 is 1.47 bits per heavy atom. The molecule has 3 N–H and O–H groups in total. The molecular weight excluding hydrogens is 276 g/mol. The fourth-order valence-electron chi connectivity index (χ4n) is 1.10. The Morgan fingerprint density at radius 3 is 3.07 bits per heavy atom. The number of hydrogen-bond donors (Lipinski definition) is 2. The molecule has 0 amide bonds. The lowest BCUT2D eigenvalue weighted by atomic mass is 10.4. The van der Waals surface area contributed by atoms with Crippen LogP contribution in [-0.2, 0) is 6.54 Å². The zero-order valence-electron chi connectivity index (χ0n) is 7.77. The van der Waals surface area contributed by atoms with E-state index in [-0.39, 0.29) is 0 Å². The van der Waals surface area contributed by atoms with Crippen molar-refractivity contribution in [1.29, 1.82) is 0 Å². The number of thiazole rings is 1. The Morgan fingerprint density at radius 2 is 2.33 bits per heavy atom. The second-order valence-corrected chi connectivity index (χ2v) is 4.76. The van der Waals surface area contributed by atoms with E-state index in [0.29, 0.717) is 12.4 Å². The molecule has 0 aliphatic carbocycles. The van der Waals surface area contributed by atoms with Gasteiger partial charge in [0.1, 0.15) is 10.8 Å². The number of nitrogens with zero attached hydrogens (tertiary/aromatic N) is 2.